The first-order chi connectivity index (χ1) is 14.9. The van der Waals surface area contributed by atoms with E-state index < -0.39 is 71.7 Å². The van der Waals surface area contributed by atoms with E-state index in [1.807, 2.05) is 0 Å². The molecule has 1 aliphatic heterocycles. The van der Waals surface area contributed by atoms with E-state index in [-0.39, 0.29) is 5.69 Å². The van der Waals surface area contributed by atoms with Crippen LogP contribution in [0.25, 0.3) is 0 Å². The SMILES string of the molecule is O=C(N[C@H](CO)[C@H](O)c1ccc([N+](=O)[O-])cc1)C(Cl)Cl.OC[C@H]1OC(O)[C@H](O)[C@@H](O)[C@@H]1O. The summed E-state index contributed by atoms with van der Waals surface area (Å²) < 4.78 is 4.58. The molecule has 0 saturated carbocycles. The number of amides is 1. The third-order valence-corrected chi connectivity index (χ3v) is 4.81. The van der Waals surface area contributed by atoms with Crippen LogP contribution in [0.15, 0.2) is 24.3 Å². The fourth-order valence-corrected chi connectivity index (χ4v) is 2.70. The zero-order chi connectivity index (χ0) is 24.6. The number of benzene rings is 1. The van der Waals surface area contributed by atoms with E-state index in [0.29, 0.717) is 5.56 Å². The second-order valence-electron chi connectivity index (χ2n) is 6.61. The molecule has 1 aliphatic rings. The van der Waals surface area contributed by atoms with Crippen LogP contribution in [-0.4, -0.2) is 101 Å². The first-order valence-corrected chi connectivity index (χ1v) is 9.92. The second kappa shape index (κ2) is 13.2. The molecule has 8 N–H and O–H groups in total. The number of nitrogens with zero attached hydrogens (tertiary/aromatic N) is 1. The quantitative estimate of drug-likeness (QED) is 0.112. The Bertz CT molecular complexity index is 735. The molecule has 1 heterocycles. The smallest absolute Gasteiger partial charge is 0.269 e. The number of non-ortho nitro benzene ring substituents is 1. The lowest BCUT2D eigenvalue weighted by atomic mass is 10.00. The number of carbonyl (C=O) groups is 1. The Morgan fingerprint density at radius 2 is 1.66 bits per heavy atom. The number of nitrogens with one attached hydrogen (secondary N) is 1. The van der Waals surface area contributed by atoms with Crippen LogP contribution >= 0.6 is 23.2 Å². The summed E-state index contributed by atoms with van der Waals surface area (Å²) in [6.45, 7) is -1.08. The van der Waals surface area contributed by atoms with Crippen molar-refractivity contribution in [1.29, 1.82) is 0 Å². The highest BCUT2D eigenvalue weighted by Crippen LogP contribution is 2.21. The maximum absolute atomic E-state index is 11.3. The van der Waals surface area contributed by atoms with Gasteiger partial charge in [-0.15, -0.1) is 0 Å². The number of hydrogen-bond acceptors (Lipinski definition) is 11. The summed E-state index contributed by atoms with van der Waals surface area (Å²) in [6, 6.07) is 4.05. The van der Waals surface area contributed by atoms with Crippen LogP contribution < -0.4 is 5.32 Å². The van der Waals surface area contributed by atoms with Gasteiger partial charge in [0.15, 0.2) is 11.1 Å². The summed E-state index contributed by atoms with van der Waals surface area (Å²) in [6.07, 6.45) is -8.29. The van der Waals surface area contributed by atoms with E-state index in [4.69, 9.17) is 53.8 Å². The average Bonchev–Trinajstić information content (AvgIpc) is 2.78. The number of nitro groups is 1. The lowest BCUT2D eigenvalue weighted by Crippen LogP contribution is -2.58. The largest absolute Gasteiger partial charge is 0.394 e. The number of nitro benzene ring substituents is 1. The third-order valence-electron chi connectivity index (χ3n) is 4.42. The summed E-state index contributed by atoms with van der Waals surface area (Å²) in [4.78, 5) is 19.9. The molecule has 1 aromatic carbocycles. The zero-order valence-corrected chi connectivity index (χ0v) is 17.8. The summed E-state index contributed by atoms with van der Waals surface area (Å²) in [5, 5.41) is 76.6. The molecule has 0 spiro atoms. The van der Waals surface area contributed by atoms with Gasteiger partial charge in [0.1, 0.15) is 30.5 Å². The van der Waals surface area contributed by atoms with E-state index in [1.54, 1.807) is 0 Å². The van der Waals surface area contributed by atoms with Crippen LogP contribution in [0.1, 0.15) is 11.7 Å². The van der Waals surface area contributed by atoms with Crippen molar-refractivity contribution < 1.29 is 50.2 Å². The molecular weight excluding hydrogens is 479 g/mol. The Kier molecular flexibility index (Phi) is 11.7. The number of rotatable bonds is 7. The van der Waals surface area contributed by atoms with E-state index in [2.05, 4.69) is 10.1 Å². The van der Waals surface area contributed by atoms with Gasteiger partial charge in [-0.25, -0.2) is 0 Å². The molecule has 15 heteroatoms. The number of halogens is 2. The fraction of sp³-hybridized carbons (Fsp3) is 0.588. The number of alkyl halides is 2. The van der Waals surface area contributed by atoms with E-state index >= 15 is 0 Å². The van der Waals surface area contributed by atoms with Gasteiger partial charge in [-0.05, 0) is 17.7 Å². The van der Waals surface area contributed by atoms with E-state index in [9.17, 15) is 20.0 Å². The van der Waals surface area contributed by atoms with Gasteiger partial charge in [-0.2, -0.15) is 0 Å². The second-order valence-corrected chi connectivity index (χ2v) is 7.71. The minimum absolute atomic E-state index is 0.132. The number of aliphatic hydroxyl groups excluding tert-OH is 7. The molecule has 0 radical (unpaired) electrons. The van der Waals surface area contributed by atoms with Gasteiger partial charge in [0, 0.05) is 12.1 Å². The molecule has 0 aliphatic carbocycles. The van der Waals surface area contributed by atoms with Crippen molar-refractivity contribution in [3.05, 3.63) is 39.9 Å². The van der Waals surface area contributed by atoms with Crippen LogP contribution in [0.3, 0.4) is 0 Å². The highest BCUT2D eigenvalue weighted by Gasteiger charge is 2.42. The molecule has 182 valence electrons. The molecule has 1 aromatic rings. The number of hydrogen-bond donors (Lipinski definition) is 8. The Balaban J connectivity index is 0.000000363. The van der Waals surface area contributed by atoms with Crippen molar-refractivity contribution in [2.75, 3.05) is 13.2 Å². The van der Waals surface area contributed by atoms with Gasteiger partial charge >= 0.3 is 0 Å². The fourth-order valence-electron chi connectivity index (χ4n) is 2.58. The van der Waals surface area contributed by atoms with E-state index in [0.717, 1.165) is 0 Å². The Labute approximate surface area is 191 Å². The topological polar surface area (TPSA) is 223 Å². The first-order valence-electron chi connectivity index (χ1n) is 9.04. The highest BCUT2D eigenvalue weighted by atomic mass is 35.5. The molecule has 13 nitrogen and oxygen atoms in total. The lowest BCUT2D eigenvalue weighted by molar-refractivity contribution is -0.384. The summed E-state index contributed by atoms with van der Waals surface area (Å²) in [5.74, 6) is -0.756. The summed E-state index contributed by atoms with van der Waals surface area (Å²) in [7, 11) is 0. The van der Waals surface area contributed by atoms with Crippen LogP contribution in [-0.2, 0) is 9.53 Å². The molecule has 1 amide bonds. The lowest BCUT2D eigenvalue weighted by Gasteiger charge is -2.37. The first kappa shape index (κ1) is 28.4. The van der Waals surface area contributed by atoms with Gasteiger partial charge < -0.3 is 45.8 Å². The maximum Gasteiger partial charge on any atom is 0.269 e. The zero-order valence-electron chi connectivity index (χ0n) is 16.3. The normalized spacial score (nSPS) is 27.1. The van der Waals surface area contributed by atoms with Crippen molar-refractivity contribution in [2.45, 2.75) is 47.7 Å². The van der Waals surface area contributed by atoms with Gasteiger partial charge in [-0.1, -0.05) is 23.2 Å². The minimum atomic E-state index is -1.57. The van der Waals surface area contributed by atoms with Gasteiger partial charge in [0.05, 0.1) is 24.2 Å². The predicted octanol–water partition coefficient (Wildman–Crippen LogP) is -2.31. The monoisotopic (exact) mass is 502 g/mol. The average molecular weight is 503 g/mol. The molecule has 7 atom stereocenters. The van der Waals surface area contributed by atoms with Gasteiger partial charge in [-0.3, -0.25) is 14.9 Å². The minimum Gasteiger partial charge on any atom is -0.394 e. The van der Waals surface area contributed by atoms with Crippen molar-refractivity contribution in [3.63, 3.8) is 0 Å². The van der Waals surface area contributed by atoms with Crippen molar-refractivity contribution in [1.82, 2.24) is 5.32 Å². The molecule has 2 rings (SSSR count). The number of ether oxygens (including phenoxy) is 1. The van der Waals surface area contributed by atoms with Gasteiger partial charge in [0.2, 0.25) is 0 Å². The summed E-state index contributed by atoms with van der Waals surface area (Å²) in [5.41, 5.74) is 0.169. The predicted molar refractivity (Wildman–Crippen MR) is 109 cm³/mol. The molecule has 1 fully saturated rings. The molecule has 32 heavy (non-hydrogen) atoms. The van der Waals surface area contributed by atoms with Crippen LogP contribution in [0, 0.1) is 10.1 Å². The van der Waals surface area contributed by atoms with Crippen LogP contribution in [0.2, 0.25) is 0 Å². The maximum atomic E-state index is 11.3. The van der Waals surface area contributed by atoms with E-state index in [1.165, 1.54) is 24.3 Å². The van der Waals surface area contributed by atoms with Crippen LogP contribution in [0.5, 0.6) is 0 Å². The van der Waals surface area contributed by atoms with Crippen molar-refractivity contribution in [2.24, 2.45) is 0 Å². The summed E-state index contributed by atoms with van der Waals surface area (Å²) >= 11 is 10.7. The standard InChI is InChI=1S/C11H12Cl2N2O5.C6H12O6/c12-10(13)11(18)14-8(5-16)9(17)6-1-3-7(4-2-6)15(19)20;7-1-2-3(8)4(9)5(10)6(11)12-2/h1-4,8-10,16-17H,5H2,(H,14,18);2-11H,1H2/t8-,9-;2-,3-,4+,5-,6?/m11/s1. The Morgan fingerprint density at radius 3 is 2.09 bits per heavy atom. The van der Waals surface area contributed by atoms with Crippen molar-refractivity contribution >= 4 is 34.8 Å². The number of carbonyl (C=O) groups excluding carboxylic acids is 1. The van der Waals surface area contributed by atoms with Crippen LogP contribution in [0.4, 0.5) is 5.69 Å². The molecular formula is C17H24Cl2N2O11. The van der Waals surface area contributed by atoms with Gasteiger partial charge in [0.25, 0.3) is 11.6 Å². The molecule has 1 unspecified atom stereocenters. The molecule has 0 aromatic heterocycles. The number of aliphatic hydroxyl groups is 7. The molecule has 1 saturated heterocycles. The third kappa shape index (κ3) is 7.74. The van der Waals surface area contributed by atoms with Crippen molar-refractivity contribution in [3.8, 4) is 0 Å². The Hall–Kier alpha value is -1.65. The Morgan fingerprint density at radius 1 is 1.09 bits per heavy atom. The molecule has 0 bridgehead atoms. The highest BCUT2D eigenvalue weighted by molar-refractivity contribution is 6.53.